The molecule has 0 radical (unpaired) electrons. The summed E-state index contributed by atoms with van der Waals surface area (Å²) in [5, 5.41) is 11.0. The first-order valence-corrected chi connectivity index (χ1v) is 7.40. The maximum atomic E-state index is 10.6. The van der Waals surface area contributed by atoms with Crippen LogP contribution in [0.2, 0.25) is 5.02 Å². The lowest BCUT2D eigenvalue weighted by atomic mass is 10.0. The summed E-state index contributed by atoms with van der Waals surface area (Å²) in [5.74, 6) is 0. The highest BCUT2D eigenvalue weighted by atomic mass is 79.9. The average Bonchev–Trinajstić information content (AvgIpc) is 2.42. The van der Waals surface area contributed by atoms with Crippen molar-refractivity contribution in [3.63, 3.8) is 0 Å². The van der Waals surface area contributed by atoms with Gasteiger partial charge in [0.15, 0.2) is 0 Å². The third-order valence-corrected chi connectivity index (χ3v) is 4.51. The van der Waals surface area contributed by atoms with E-state index < -0.39 is 4.92 Å². The van der Waals surface area contributed by atoms with Gasteiger partial charge in [-0.15, -0.1) is 11.6 Å². The van der Waals surface area contributed by atoms with Gasteiger partial charge in [0, 0.05) is 16.6 Å². The molecule has 0 aliphatic carbocycles. The lowest BCUT2D eigenvalue weighted by Gasteiger charge is -2.11. The molecule has 0 aromatic heterocycles. The van der Waals surface area contributed by atoms with Crippen molar-refractivity contribution in [2.24, 2.45) is 0 Å². The summed E-state index contributed by atoms with van der Waals surface area (Å²) in [5.41, 5.74) is 1.93. The Morgan fingerprint density at radius 1 is 1.20 bits per heavy atom. The van der Waals surface area contributed by atoms with E-state index in [1.54, 1.807) is 12.1 Å². The summed E-state index contributed by atoms with van der Waals surface area (Å²) in [6, 6.07) is 12.0. The predicted octanol–water partition coefficient (Wildman–Crippen LogP) is 5.53. The Kier molecular flexibility index (Phi) is 5.02. The van der Waals surface area contributed by atoms with Gasteiger partial charge in [0.2, 0.25) is 0 Å². The first-order valence-electron chi connectivity index (χ1n) is 5.79. The molecule has 1 atom stereocenters. The zero-order chi connectivity index (χ0) is 14.7. The van der Waals surface area contributed by atoms with E-state index in [4.69, 9.17) is 23.2 Å². The van der Waals surface area contributed by atoms with Crippen molar-refractivity contribution in [2.45, 2.75) is 11.8 Å². The third-order valence-electron chi connectivity index (χ3n) is 2.87. The number of hydrogen-bond acceptors (Lipinski definition) is 2. The van der Waals surface area contributed by atoms with Gasteiger partial charge in [-0.3, -0.25) is 10.1 Å². The fourth-order valence-corrected chi connectivity index (χ4v) is 2.54. The van der Waals surface area contributed by atoms with E-state index >= 15 is 0 Å². The highest BCUT2D eigenvalue weighted by molar-refractivity contribution is 9.10. The van der Waals surface area contributed by atoms with Crippen molar-refractivity contribution in [1.82, 2.24) is 0 Å². The van der Waals surface area contributed by atoms with Crippen LogP contribution in [0.3, 0.4) is 0 Å². The molecule has 2 rings (SSSR count). The van der Waals surface area contributed by atoms with E-state index in [2.05, 4.69) is 15.9 Å². The van der Waals surface area contributed by atoms with E-state index in [1.165, 1.54) is 12.1 Å². The van der Waals surface area contributed by atoms with Crippen molar-refractivity contribution in [2.75, 3.05) is 0 Å². The molecule has 0 aliphatic rings. The Morgan fingerprint density at radius 2 is 1.85 bits per heavy atom. The molecular weight excluding hydrogens is 365 g/mol. The maximum Gasteiger partial charge on any atom is 0.269 e. The van der Waals surface area contributed by atoms with Crippen LogP contribution < -0.4 is 0 Å². The lowest BCUT2D eigenvalue weighted by molar-refractivity contribution is -0.384. The molecule has 0 saturated carbocycles. The number of nitro benzene ring substituents is 1. The Hall–Kier alpha value is -1.10. The van der Waals surface area contributed by atoms with Crippen LogP contribution in [0.1, 0.15) is 16.5 Å². The van der Waals surface area contributed by atoms with E-state index in [0.717, 1.165) is 15.6 Å². The van der Waals surface area contributed by atoms with E-state index in [1.807, 2.05) is 18.2 Å². The van der Waals surface area contributed by atoms with Gasteiger partial charge in [0.25, 0.3) is 5.69 Å². The van der Waals surface area contributed by atoms with Crippen LogP contribution >= 0.6 is 39.1 Å². The summed E-state index contributed by atoms with van der Waals surface area (Å²) in [7, 11) is 0. The number of non-ortho nitro benzene ring substituents is 1. The van der Waals surface area contributed by atoms with Crippen LogP contribution in [0, 0.1) is 10.1 Å². The van der Waals surface area contributed by atoms with Gasteiger partial charge < -0.3 is 0 Å². The minimum absolute atomic E-state index is 0.0755. The molecular formula is C14H10BrCl2NO2. The van der Waals surface area contributed by atoms with Crippen molar-refractivity contribution in [3.05, 3.63) is 73.2 Å². The minimum Gasteiger partial charge on any atom is -0.258 e. The van der Waals surface area contributed by atoms with Crippen molar-refractivity contribution in [3.8, 4) is 0 Å². The van der Waals surface area contributed by atoms with Crippen molar-refractivity contribution >= 4 is 44.8 Å². The largest absolute Gasteiger partial charge is 0.269 e. The first-order chi connectivity index (χ1) is 9.47. The molecule has 20 heavy (non-hydrogen) atoms. The number of halogens is 3. The van der Waals surface area contributed by atoms with Gasteiger partial charge in [-0.2, -0.15) is 0 Å². The molecule has 0 amide bonds. The second kappa shape index (κ2) is 6.57. The van der Waals surface area contributed by atoms with E-state index in [9.17, 15) is 10.1 Å². The van der Waals surface area contributed by atoms with E-state index in [0.29, 0.717) is 11.4 Å². The van der Waals surface area contributed by atoms with Gasteiger partial charge in [0.05, 0.1) is 15.3 Å². The summed E-state index contributed by atoms with van der Waals surface area (Å²) in [4.78, 5) is 10.2. The number of rotatable bonds is 4. The molecule has 2 aromatic rings. The molecule has 6 heteroatoms. The van der Waals surface area contributed by atoms with Crippen LogP contribution in [0.5, 0.6) is 0 Å². The SMILES string of the molecule is O=[N+]([O-])c1ccc(CC(Cl)c2ccc(Br)c(Cl)c2)cc1. The highest BCUT2D eigenvalue weighted by Gasteiger charge is 2.12. The molecule has 3 nitrogen and oxygen atoms in total. The van der Waals surface area contributed by atoms with E-state index in [-0.39, 0.29) is 11.1 Å². The molecule has 2 aromatic carbocycles. The third kappa shape index (κ3) is 3.72. The fourth-order valence-electron chi connectivity index (χ4n) is 1.79. The zero-order valence-corrected chi connectivity index (χ0v) is 13.3. The van der Waals surface area contributed by atoms with Gasteiger partial charge in [-0.25, -0.2) is 0 Å². The normalized spacial score (nSPS) is 12.2. The molecule has 0 aliphatic heterocycles. The van der Waals surface area contributed by atoms with Crippen molar-refractivity contribution in [1.29, 1.82) is 0 Å². The predicted molar refractivity (Wildman–Crippen MR) is 84.5 cm³/mol. The topological polar surface area (TPSA) is 43.1 Å². The Labute approximate surface area is 134 Å². The second-order valence-electron chi connectivity index (χ2n) is 4.27. The zero-order valence-electron chi connectivity index (χ0n) is 10.2. The monoisotopic (exact) mass is 373 g/mol. The van der Waals surface area contributed by atoms with Crippen LogP contribution in [0.4, 0.5) is 5.69 Å². The lowest BCUT2D eigenvalue weighted by Crippen LogP contribution is -1.96. The molecule has 0 saturated heterocycles. The average molecular weight is 375 g/mol. The fraction of sp³-hybridized carbons (Fsp3) is 0.143. The maximum absolute atomic E-state index is 10.6. The Bertz CT molecular complexity index is 632. The summed E-state index contributed by atoms with van der Waals surface area (Å²) < 4.78 is 0.821. The van der Waals surface area contributed by atoms with Crippen LogP contribution in [0.15, 0.2) is 46.9 Å². The van der Waals surface area contributed by atoms with Crippen LogP contribution in [-0.2, 0) is 6.42 Å². The quantitative estimate of drug-likeness (QED) is 0.401. The summed E-state index contributed by atoms with van der Waals surface area (Å²) in [6.45, 7) is 0. The highest BCUT2D eigenvalue weighted by Crippen LogP contribution is 2.31. The number of nitro groups is 1. The van der Waals surface area contributed by atoms with Gasteiger partial charge >= 0.3 is 0 Å². The first kappa shape index (κ1) is 15.3. The molecule has 0 heterocycles. The Balaban J connectivity index is 2.12. The summed E-state index contributed by atoms with van der Waals surface area (Å²) in [6.07, 6.45) is 0.581. The molecule has 104 valence electrons. The summed E-state index contributed by atoms with van der Waals surface area (Å²) >= 11 is 15.7. The van der Waals surface area contributed by atoms with Gasteiger partial charge in [-0.05, 0) is 45.6 Å². The Morgan fingerprint density at radius 3 is 2.40 bits per heavy atom. The second-order valence-corrected chi connectivity index (χ2v) is 6.06. The number of benzene rings is 2. The molecule has 0 bridgehead atoms. The van der Waals surface area contributed by atoms with Gasteiger partial charge in [-0.1, -0.05) is 29.8 Å². The van der Waals surface area contributed by atoms with Crippen LogP contribution in [0.25, 0.3) is 0 Å². The molecule has 0 N–H and O–H groups in total. The number of hydrogen-bond donors (Lipinski definition) is 0. The van der Waals surface area contributed by atoms with Gasteiger partial charge in [0.1, 0.15) is 0 Å². The van der Waals surface area contributed by atoms with Crippen molar-refractivity contribution < 1.29 is 4.92 Å². The molecule has 1 unspecified atom stereocenters. The molecule has 0 spiro atoms. The smallest absolute Gasteiger partial charge is 0.258 e. The number of alkyl halides is 1. The molecule has 0 fully saturated rings. The van der Waals surface area contributed by atoms with Crippen LogP contribution in [-0.4, -0.2) is 4.92 Å². The standard InChI is InChI=1S/C14H10BrCl2NO2/c15-12-6-3-10(8-14(12)17)13(16)7-9-1-4-11(5-2-9)18(19)20/h1-6,8,13H,7H2. The number of nitrogens with zero attached hydrogens (tertiary/aromatic N) is 1. The minimum atomic E-state index is -0.420.